The Bertz CT molecular complexity index is 422. The molecule has 0 spiro atoms. The first-order valence-corrected chi connectivity index (χ1v) is 5.92. The number of alkyl halides is 1. The number of halogens is 3. The maximum Gasteiger partial charge on any atom is 0.165 e. The molecule has 1 rings (SSSR count). The van der Waals surface area contributed by atoms with E-state index < -0.39 is 5.60 Å². The zero-order chi connectivity index (χ0) is 11.5. The highest BCUT2D eigenvalue weighted by Gasteiger charge is 2.28. The average molecular weight is 308 g/mol. The van der Waals surface area contributed by atoms with Crippen LogP contribution in [-0.2, 0) is 5.60 Å². The summed E-state index contributed by atoms with van der Waals surface area (Å²) in [5.41, 5.74) is -0.856. The predicted molar refractivity (Wildman–Crippen MR) is 67.2 cm³/mol. The molecule has 4 heteroatoms. The minimum Gasteiger partial charge on any atom is -0.372 e. The first-order valence-electron chi connectivity index (χ1n) is 4.21. The van der Waals surface area contributed by atoms with Crippen LogP contribution in [0.15, 0.2) is 22.7 Å². The van der Waals surface area contributed by atoms with E-state index in [-0.39, 0.29) is 5.88 Å². The van der Waals surface area contributed by atoms with Gasteiger partial charge in [0.25, 0.3) is 0 Å². The van der Waals surface area contributed by atoms with Crippen LogP contribution in [0.4, 0.5) is 0 Å². The van der Waals surface area contributed by atoms with Gasteiger partial charge in [0.15, 0.2) is 5.60 Å². The van der Waals surface area contributed by atoms with Crippen LogP contribution in [-0.4, -0.2) is 11.0 Å². The van der Waals surface area contributed by atoms with Crippen LogP contribution in [0, 0.1) is 11.8 Å². The van der Waals surface area contributed by atoms with Crippen LogP contribution >= 0.6 is 39.1 Å². The summed E-state index contributed by atoms with van der Waals surface area (Å²) >= 11 is 15.0. The number of aliphatic hydroxyl groups is 1. The zero-order valence-corrected chi connectivity index (χ0v) is 11.1. The number of rotatable bonds is 2. The van der Waals surface area contributed by atoms with Crippen molar-refractivity contribution in [1.29, 1.82) is 0 Å². The highest BCUT2D eigenvalue weighted by molar-refractivity contribution is 9.10. The van der Waals surface area contributed by atoms with E-state index in [1.807, 2.05) is 0 Å². The summed E-state index contributed by atoms with van der Waals surface area (Å²) in [6.07, 6.45) is 0. The fraction of sp³-hybridized carbons (Fsp3) is 0.273. The van der Waals surface area contributed by atoms with Gasteiger partial charge in [0.05, 0.1) is 5.88 Å². The van der Waals surface area contributed by atoms with Crippen molar-refractivity contribution in [3.05, 3.63) is 33.3 Å². The summed E-state index contributed by atoms with van der Waals surface area (Å²) < 4.78 is 0.845. The van der Waals surface area contributed by atoms with Crippen molar-refractivity contribution in [2.45, 2.75) is 12.5 Å². The Balaban J connectivity index is 3.28. The molecule has 0 aliphatic carbocycles. The lowest BCUT2D eigenvalue weighted by molar-refractivity contribution is 0.126. The number of hydrogen-bond donors (Lipinski definition) is 1. The predicted octanol–water partition coefficient (Wildman–Crippen LogP) is 3.55. The highest BCUT2D eigenvalue weighted by Crippen LogP contribution is 2.31. The SMILES string of the molecule is CC#CC(O)(CCl)c1ccc(Br)cc1Cl. The van der Waals surface area contributed by atoms with Gasteiger partial charge in [-0.05, 0) is 19.1 Å². The zero-order valence-electron chi connectivity index (χ0n) is 8.02. The van der Waals surface area contributed by atoms with Crippen LogP contribution in [0.25, 0.3) is 0 Å². The van der Waals surface area contributed by atoms with Crippen molar-refractivity contribution in [2.24, 2.45) is 0 Å². The van der Waals surface area contributed by atoms with E-state index in [1.54, 1.807) is 25.1 Å². The van der Waals surface area contributed by atoms with Gasteiger partial charge < -0.3 is 5.11 Å². The van der Waals surface area contributed by atoms with E-state index in [9.17, 15) is 5.11 Å². The van der Waals surface area contributed by atoms with Gasteiger partial charge in [-0.25, -0.2) is 0 Å². The lowest BCUT2D eigenvalue weighted by Gasteiger charge is -2.21. The molecule has 0 fully saturated rings. The Kier molecular flexibility index (Phi) is 4.48. The van der Waals surface area contributed by atoms with Crippen molar-refractivity contribution in [1.82, 2.24) is 0 Å². The third-order valence-electron chi connectivity index (χ3n) is 1.90. The maximum atomic E-state index is 10.2. The summed E-state index contributed by atoms with van der Waals surface area (Å²) in [4.78, 5) is 0. The molecule has 0 aliphatic heterocycles. The van der Waals surface area contributed by atoms with E-state index in [0.717, 1.165) is 4.47 Å². The lowest BCUT2D eigenvalue weighted by atomic mass is 9.96. The minimum atomic E-state index is -1.38. The van der Waals surface area contributed by atoms with Crippen molar-refractivity contribution < 1.29 is 5.11 Å². The molecule has 0 aliphatic rings. The summed E-state index contributed by atoms with van der Waals surface area (Å²) in [5.74, 6) is 5.29. The van der Waals surface area contributed by atoms with Gasteiger partial charge in [-0.1, -0.05) is 39.5 Å². The van der Waals surface area contributed by atoms with Gasteiger partial charge >= 0.3 is 0 Å². The second-order valence-corrected chi connectivity index (χ2v) is 4.58. The van der Waals surface area contributed by atoms with Crippen molar-refractivity contribution in [3.63, 3.8) is 0 Å². The molecule has 1 N–H and O–H groups in total. The normalized spacial score (nSPS) is 13.9. The van der Waals surface area contributed by atoms with Crippen LogP contribution in [0.3, 0.4) is 0 Å². The molecule has 0 heterocycles. The van der Waals surface area contributed by atoms with Crippen LogP contribution in [0.5, 0.6) is 0 Å². The molecular formula is C11H9BrCl2O. The quantitative estimate of drug-likeness (QED) is 0.654. The molecule has 0 bridgehead atoms. The molecule has 0 aromatic heterocycles. The Hall–Kier alpha value is -0.200. The van der Waals surface area contributed by atoms with Crippen molar-refractivity contribution in [2.75, 3.05) is 5.88 Å². The fourth-order valence-corrected chi connectivity index (χ4v) is 2.24. The second kappa shape index (κ2) is 5.23. The summed E-state index contributed by atoms with van der Waals surface area (Å²) in [7, 11) is 0. The largest absolute Gasteiger partial charge is 0.372 e. The van der Waals surface area contributed by atoms with Gasteiger partial charge in [0, 0.05) is 15.1 Å². The monoisotopic (exact) mass is 306 g/mol. The van der Waals surface area contributed by atoms with Crippen molar-refractivity contribution in [3.8, 4) is 11.8 Å². The molecule has 1 nitrogen and oxygen atoms in total. The highest BCUT2D eigenvalue weighted by atomic mass is 79.9. The van der Waals surface area contributed by atoms with Gasteiger partial charge in [-0.2, -0.15) is 0 Å². The molecule has 0 saturated heterocycles. The Morgan fingerprint density at radius 2 is 2.20 bits per heavy atom. The van der Waals surface area contributed by atoms with Gasteiger partial charge in [0.1, 0.15) is 0 Å². The third kappa shape index (κ3) is 2.89. The van der Waals surface area contributed by atoms with E-state index in [0.29, 0.717) is 10.6 Å². The lowest BCUT2D eigenvalue weighted by Crippen LogP contribution is -2.26. The van der Waals surface area contributed by atoms with E-state index in [4.69, 9.17) is 23.2 Å². The minimum absolute atomic E-state index is 0.0187. The summed E-state index contributed by atoms with van der Waals surface area (Å²) in [6, 6.07) is 5.20. The van der Waals surface area contributed by atoms with Gasteiger partial charge in [0.2, 0.25) is 0 Å². The molecule has 1 aromatic carbocycles. The molecule has 80 valence electrons. The standard InChI is InChI=1S/C11H9BrCl2O/c1-2-5-11(15,7-13)9-4-3-8(12)6-10(9)14/h3-4,6,15H,7H2,1H3. The van der Waals surface area contributed by atoms with E-state index >= 15 is 0 Å². The molecule has 0 amide bonds. The molecule has 1 unspecified atom stereocenters. The Morgan fingerprint density at radius 3 is 2.67 bits per heavy atom. The molecule has 1 atom stereocenters. The van der Waals surface area contributed by atoms with Crippen LogP contribution in [0.2, 0.25) is 5.02 Å². The van der Waals surface area contributed by atoms with Crippen LogP contribution in [0.1, 0.15) is 12.5 Å². The van der Waals surface area contributed by atoms with E-state index in [2.05, 4.69) is 27.8 Å². The molecule has 0 saturated carbocycles. The smallest absolute Gasteiger partial charge is 0.165 e. The third-order valence-corrected chi connectivity index (χ3v) is 3.09. The Morgan fingerprint density at radius 1 is 1.53 bits per heavy atom. The number of hydrogen-bond acceptors (Lipinski definition) is 1. The Labute approximate surface area is 108 Å². The van der Waals surface area contributed by atoms with Crippen molar-refractivity contribution >= 4 is 39.1 Å². The first kappa shape index (κ1) is 12.9. The molecule has 0 radical (unpaired) electrons. The first-order chi connectivity index (χ1) is 7.03. The fourth-order valence-electron chi connectivity index (χ4n) is 1.20. The molecular weight excluding hydrogens is 299 g/mol. The van der Waals surface area contributed by atoms with Gasteiger partial charge in [-0.15, -0.1) is 17.5 Å². The topological polar surface area (TPSA) is 20.2 Å². The molecule has 1 aromatic rings. The summed E-state index contributed by atoms with van der Waals surface area (Å²) in [6.45, 7) is 1.64. The van der Waals surface area contributed by atoms with Gasteiger partial charge in [-0.3, -0.25) is 0 Å². The summed E-state index contributed by atoms with van der Waals surface area (Å²) in [5, 5.41) is 10.6. The second-order valence-electron chi connectivity index (χ2n) is 2.99. The number of benzene rings is 1. The van der Waals surface area contributed by atoms with E-state index in [1.165, 1.54) is 0 Å². The van der Waals surface area contributed by atoms with Crippen LogP contribution < -0.4 is 0 Å². The maximum absolute atomic E-state index is 10.2. The molecule has 15 heavy (non-hydrogen) atoms. The average Bonchev–Trinajstić information content (AvgIpc) is 2.17.